The Hall–Kier alpha value is -8.27. The Morgan fingerprint density at radius 1 is 0.365 bits per heavy atom. The van der Waals surface area contributed by atoms with Crippen LogP contribution in [0.1, 0.15) is 280 Å². The van der Waals surface area contributed by atoms with E-state index in [1.807, 2.05) is 173 Å². The molecule has 4 fully saturated rings. The molecule has 4 saturated carbocycles. The minimum absolute atomic E-state index is 0. The minimum Gasteiger partial charge on any atom is -0.439 e. The SMILES string of the molecule is C.C.C.C.C#CC#CC#CC#CC#CC#CC#C.C1CCC(C2CCCCC2)CC1.C1CCC(C2CCCCC2)CC1.CC.CC.CC.CC.CC.CC.CC.CC.CNC(=O)Nc1ccc(Oc2ccc(C)cc2)nc1.CNC(=O)Nc1cnc(Oc2ccc(C)cc2)nc1. The number of carbonyl (C=O) groups excluding carboxylic acids is 2. The lowest BCUT2D eigenvalue weighted by Crippen LogP contribution is -2.24. The van der Waals surface area contributed by atoms with Gasteiger partial charge in [-0.15, -0.1) is 12.8 Å². The molecule has 4 aliphatic carbocycles. The number of hydrogen-bond acceptors (Lipinski definition) is 7. The minimum atomic E-state index is -0.323. The highest BCUT2D eigenvalue weighted by Gasteiger charge is 2.25. The molecule has 2 heterocycles. The molecule has 4 aliphatic rings. The third kappa shape index (κ3) is 58.3. The van der Waals surface area contributed by atoms with Crippen LogP contribution in [0.2, 0.25) is 0 Å². The lowest BCUT2D eigenvalue weighted by molar-refractivity contribution is 0.196. The molecule has 4 amide bonds. The molecule has 0 aliphatic heterocycles. The number of carbonyl (C=O) groups is 2. The van der Waals surface area contributed by atoms with Crippen LogP contribution in [0.15, 0.2) is 79.3 Å². The average molecular weight is 1320 g/mol. The summed E-state index contributed by atoms with van der Waals surface area (Å²) >= 11 is 0. The van der Waals surface area contributed by atoms with Crippen molar-refractivity contribution in [3.63, 3.8) is 0 Å². The second kappa shape index (κ2) is 82.8. The summed E-state index contributed by atoms with van der Waals surface area (Å²) in [6.45, 7) is 36.0. The van der Waals surface area contributed by atoms with Crippen LogP contribution in [0.25, 0.3) is 0 Å². The first kappa shape index (κ1) is 106. The number of benzene rings is 2. The molecular weight excluding hydrogens is 1180 g/mol. The fourth-order valence-electron chi connectivity index (χ4n) is 9.52. The van der Waals surface area contributed by atoms with Crippen molar-refractivity contribution in [3.05, 3.63) is 90.4 Å². The number of urea groups is 2. The normalized spacial score (nSPS) is 12.1. The number of ether oxygens (including phenoxy) is 2. The summed E-state index contributed by atoms with van der Waals surface area (Å²) in [4.78, 5) is 34.3. The fourth-order valence-corrected chi connectivity index (χ4v) is 9.52. The van der Waals surface area contributed by atoms with Crippen molar-refractivity contribution < 1.29 is 19.1 Å². The third-order valence-corrected chi connectivity index (χ3v) is 13.4. The summed E-state index contributed by atoms with van der Waals surface area (Å²) in [6, 6.07) is 18.3. The van der Waals surface area contributed by atoms with Crippen molar-refractivity contribution in [2.45, 2.75) is 283 Å². The smallest absolute Gasteiger partial charge is 0.322 e. The number of nitrogens with zero attached hydrogens (tertiary/aromatic N) is 3. The van der Waals surface area contributed by atoms with Gasteiger partial charge in [0.05, 0.1) is 30.0 Å². The van der Waals surface area contributed by atoms with Crippen LogP contribution in [-0.4, -0.2) is 41.1 Å². The van der Waals surface area contributed by atoms with E-state index < -0.39 is 0 Å². The Bertz CT molecular complexity index is 2530. The van der Waals surface area contributed by atoms with Gasteiger partial charge in [-0.3, -0.25) is 0 Å². The highest BCUT2D eigenvalue weighted by Crippen LogP contribution is 2.39. The summed E-state index contributed by atoms with van der Waals surface area (Å²) in [5.74, 6) is 34.7. The van der Waals surface area contributed by atoms with Gasteiger partial charge in [0, 0.05) is 20.2 Å². The van der Waals surface area contributed by atoms with E-state index >= 15 is 0 Å². The summed E-state index contributed by atoms with van der Waals surface area (Å²) in [5.41, 5.74) is 3.43. The van der Waals surface area contributed by atoms with Crippen LogP contribution in [-0.2, 0) is 0 Å². The van der Waals surface area contributed by atoms with Crippen molar-refractivity contribution >= 4 is 23.4 Å². The standard InChI is InChI=1S/C14H15N3O2.C14H2.C13H14N4O2.2C12H22.8C2H6.4CH4/c1-10-3-6-12(7-4-10)19-13-8-5-11(9-16-13)17-14(18)15-2;1-3-5-7-9-11-13-14-12-10-8-6-4-2;1-9-3-5-11(6-4-9)19-13-15-7-10(8-16-13)17-12(18)14-2;2*1-3-7-11(8-4-1)12-9-5-2-6-10-12;8*1-2;;;;/h3-9H,1-2H3,(H2,15,17,18);1-2H;3-8H,1-2H3,(H2,14,17,18);2*11-12H,1-10H2;8*1-2H3;4*1H4. The zero-order valence-electron chi connectivity index (χ0n) is 61.1. The molecular formula is C85H139N7O4. The molecule has 0 atom stereocenters. The molecule has 2 aromatic carbocycles. The van der Waals surface area contributed by atoms with Crippen LogP contribution in [0.5, 0.6) is 23.4 Å². The van der Waals surface area contributed by atoms with Crippen LogP contribution >= 0.6 is 0 Å². The van der Waals surface area contributed by atoms with Gasteiger partial charge in [0.25, 0.3) is 0 Å². The number of anilines is 2. The molecule has 538 valence electrons. The van der Waals surface area contributed by atoms with Gasteiger partial charge < -0.3 is 30.7 Å². The van der Waals surface area contributed by atoms with Crippen molar-refractivity contribution in [1.29, 1.82) is 0 Å². The zero-order chi connectivity index (χ0) is 70.3. The Morgan fingerprint density at radius 2 is 0.625 bits per heavy atom. The van der Waals surface area contributed by atoms with Crippen molar-refractivity contribution in [2.75, 3.05) is 24.7 Å². The number of aryl methyl sites for hydroxylation is 2. The predicted molar refractivity (Wildman–Crippen MR) is 425 cm³/mol. The molecule has 96 heavy (non-hydrogen) atoms. The summed E-state index contributed by atoms with van der Waals surface area (Å²) in [7, 11) is 3.09. The van der Waals surface area contributed by atoms with E-state index in [2.05, 4.69) is 107 Å². The topological polar surface area (TPSA) is 139 Å². The molecule has 11 nitrogen and oxygen atoms in total. The van der Waals surface area contributed by atoms with E-state index in [9.17, 15) is 9.59 Å². The van der Waals surface area contributed by atoms with E-state index in [0.29, 0.717) is 23.0 Å². The van der Waals surface area contributed by atoms with E-state index in [0.717, 1.165) is 35.0 Å². The largest absolute Gasteiger partial charge is 0.439 e. The second-order valence-corrected chi connectivity index (χ2v) is 19.0. The maximum atomic E-state index is 11.1. The summed E-state index contributed by atoms with van der Waals surface area (Å²) < 4.78 is 11.0. The first-order valence-corrected chi connectivity index (χ1v) is 34.8. The Kier molecular flexibility index (Phi) is 91.8. The molecule has 0 saturated heterocycles. The third-order valence-electron chi connectivity index (χ3n) is 13.4. The molecule has 4 aromatic rings. The van der Waals surface area contributed by atoms with E-state index in [1.54, 1.807) is 76.7 Å². The van der Waals surface area contributed by atoms with Crippen LogP contribution in [0.4, 0.5) is 21.0 Å². The zero-order valence-corrected chi connectivity index (χ0v) is 61.1. The first-order chi connectivity index (χ1) is 45.2. The maximum absolute atomic E-state index is 11.1. The van der Waals surface area contributed by atoms with Crippen LogP contribution < -0.4 is 30.7 Å². The average Bonchev–Trinajstić information content (AvgIpc) is 2.76. The van der Waals surface area contributed by atoms with Gasteiger partial charge in [-0.25, -0.2) is 24.5 Å². The highest BCUT2D eigenvalue weighted by molar-refractivity contribution is 5.89. The molecule has 4 N–H and O–H groups in total. The first-order valence-electron chi connectivity index (χ1n) is 34.8. The number of pyridine rings is 1. The Balaban J connectivity index is -0.000000133. The van der Waals surface area contributed by atoms with Crippen LogP contribution in [0.3, 0.4) is 0 Å². The molecule has 0 radical (unpaired) electrons. The van der Waals surface area contributed by atoms with Gasteiger partial charge in [-0.05, 0) is 139 Å². The van der Waals surface area contributed by atoms with Crippen molar-refractivity contribution in [1.82, 2.24) is 25.6 Å². The Morgan fingerprint density at radius 3 is 0.885 bits per heavy atom. The van der Waals surface area contributed by atoms with Gasteiger partial charge in [-0.2, -0.15) is 0 Å². The lowest BCUT2D eigenvalue weighted by atomic mass is 9.73. The van der Waals surface area contributed by atoms with Crippen molar-refractivity contribution in [2.24, 2.45) is 23.7 Å². The number of aromatic nitrogens is 3. The molecule has 0 bridgehead atoms. The molecule has 0 spiro atoms. The monoisotopic (exact) mass is 1320 g/mol. The van der Waals surface area contributed by atoms with E-state index in [-0.39, 0.29) is 47.8 Å². The van der Waals surface area contributed by atoms with E-state index in [4.69, 9.17) is 22.3 Å². The van der Waals surface area contributed by atoms with Gasteiger partial charge in [0.1, 0.15) is 11.5 Å². The summed E-state index contributed by atoms with van der Waals surface area (Å²) in [6.07, 6.45) is 45.0. The number of amides is 4. The number of nitrogens with one attached hydrogen (secondary N) is 4. The molecule has 11 heteroatoms. The van der Waals surface area contributed by atoms with Gasteiger partial charge in [0.2, 0.25) is 5.88 Å². The maximum Gasteiger partial charge on any atom is 0.322 e. The summed E-state index contributed by atoms with van der Waals surface area (Å²) in [5, 5.41) is 10.1. The molecule has 0 unspecified atom stereocenters. The fraction of sp³-hybridized carbons (Fsp3) is 0.565. The molecule has 8 rings (SSSR count). The lowest BCUT2D eigenvalue weighted by Gasteiger charge is -2.32. The molecule has 2 aromatic heterocycles. The van der Waals surface area contributed by atoms with Gasteiger partial charge >= 0.3 is 18.1 Å². The number of rotatable bonds is 8. The number of hydrogen-bond donors (Lipinski definition) is 4. The van der Waals surface area contributed by atoms with Gasteiger partial charge in [-0.1, -0.05) is 304 Å². The van der Waals surface area contributed by atoms with Crippen LogP contribution in [0, 0.1) is 121 Å². The quantitative estimate of drug-likeness (QED) is 0.129. The van der Waals surface area contributed by atoms with Gasteiger partial charge in [0.15, 0.2) is 0 Å². The number of terminal acetylenes is 2. The second-order valence-electron chi connectivity index (χ2n) is 19.0. The highest BCUT2D eigenvalue weighted by atomic mass is 16.5. The predicted octanol–water partition coefficient (Wildman–Crippen LogP) is 24.6. The van der Waals surface area contributed by atoms with E-state index in [1.165, 1.54) is 102 Å². The Labute approximate surface area is 593 Å². The van der Waals surface area contributed by atoms with Crippen molar-refractivity contribution in [3.8, 4) is 107 Å².